The molecule has 2 heterocycles. The molecular weight excluding hydrogens is 471 g/mol. The van der Waals surface area contributed by atoms with Gasteiger partial charge in [0.2, 0.25) is 5.78 Å². The van der Waals surface area contributed by atoms with Gasteiger partial charge in [0.1, 0.15) is 11.5 Å². The minimum absolute atomic E-state index is 0.233. The molecule has 5 nitrogen and oxygen atoms in total. The number of benzene rings is 3. The molecule has 32 heavy (non-hydrogen) atoms. The van der Waals surface area contributed by atoms with E-state index in [1.807, 2.05) is 30.3 Å². The van der Waals surface area contributed by atoms with Crippen LogP contribution < -0.4 is 9.47 Å². The normalized spacial score (nSPS) is 19.0. The Kier molecular flexibility index (Phi) is 5.49. The fourth-order valence-electron chi connectivity index (χ4n) is 4.00. The smallest absolute Gasteiger partial charge is 0.251 e. The summed E-state index contributed by atoms with van der Waals surface area (Å²) in [6, 6.07) is 17.5. The van der Waals surface area contributed by atoms with Gasteiger partial charge in [0.15, 0.2) is 0 Å². The monoisotopic (exact) mass is 486 g/mol. The number of ether oxygens (including phenoxy) is 2. The van der Waals surface area contributed by atoms with E-state index >= 15 is 0 Å². The maximum atomic E-state index is 13.4. The number of fused-ring (bicyclic) bond motifs is 3. The van der Waals surface area contributed by atoms with E-state index in [1.54, 1.807) is 42.5 Å². The first kappa shape index (κ1) is 21.1. The van der Waals surface area contributed by atoms with E-state index in [1.165, 1.54) is 0 Å². The van der Waals surface area contributed by atoms with Gasteiger partial charge in [-0.2, -0.15) is 5.10 Å². The highest BCUT2D eigenvalue weighted by molar-refractivity contribution is 6.35. The van der Waals surface area contributed by atoms with Crippen LogP contribution in [0.1, 0.15) is 33.9 Å². The summed E-state index contributed by atoms with van der Waals surface area (Å²) < 4.78 is 11.4. The predicted molar refractivity (Wildman–Crippen MR) is 125 cm³/mol. The first-order valence-corrected chi connectivity index (χ1v) is 11.0. The Morgan fingerprint density at radius 2 is 1.75 bits per heavy atom. The van der Waals surface area contributed by atoms with Crippen molar-refractivity contribution in [2.75, 3.05) is 7.11 Å². The molecule has 0 N–H and O–H groups in total. The van der Waals surface area contributed by atoms with E-state index in [0.29, 0.717) is 32.8 Å². The Morgan fingerprint density at radius 3 is 2.44 bits per heavy atom. The van der Waals surface area contributed by atoms with Crippen molar-refractivity contribution in [3.05, 3.63) is 92.4 Å². The molecule has 162 valence electrons. The van der Waals surface area contributed by atoms with Crippen molar-refractivity contribution in [3.8, 4) is 11.5 Å². The summed E-state index contributed by atoms with van der Waals surface area (Å²) in [4.78, 5) is 13.4. The van der Waals surface area contributed by atoms with Gasteiger partial charge in [-0.25, -0.2) is 5.01 Å². The van der Waals surface area contributed by atoms with Gasteiger partial charge in [0.25, 0.3) is 6.23 Å². The fraction of sp³-hybridized carbons (Fsp3) is 0.167. The zero-order valence-electron chi connectivity index (χ0n) is 16.9. The first-order valence-electron chi connectivity index (χ1n) is 9.90. The number of hydrazone groups is 1. The lowest BCUT2D eigenvalue weighted by molar-refractivity contribution is -0.00447. The average molecular weight is 488 g/mol. The molecule has 5 rings (SSSR count). The van der Waals surface area contributed by atoms with Crippen molar-refractivity contribution in [2.45, 2.75) is 18.7 Å². The Morgan fingerprint density at radius 1 is 1.03 bits per heavy atom. The summed E-state index contributed by atoms with van der Waals surface area (Å²) in [6.07, 6.45) is -0.396. The van der Waals surface area contributed by atoms with Crippen LogP contribution in [0.4, 0.5) is 0 Å². The lowest BCUT2D eigenvalue weighted by Crippen LogP contribution is -2.46. The fourth-order valence-corrected chi connectivity index (χ4v) is 4.68. The van der Waals surface area contributed by atoms with Crippen LogP contribution in [0, 0.1) is 0 Å². The van der Waals surface area contributed by atoms with Gasteiger partial charge in [0.05, 0.1) is 23.9 Å². The molecule has 8 heteroatoms. The number of ketones is 1. The lowest BCUT2D eigenvalue weighted by atomic mass is 9.95. The molecule has 0 spiro atoms. The summed E-state index contributed by atoms with van der Waals surface area (Å²) >= 11 is 18.7. The van der Waals surface area contributed by atoms with Crippen LogP contribution in [-0.4, -0.2) is 29.8 Å². The van der Waals surface area contributed by atoms with Gasteiger partial charge >= 0.3 is 0 Å². The molecule has 3 aromatic rings. The molecule has 0 aromatic heterocycles. The average Bonchev–Trinajstić information content (AvgIpc) is 3.25. The van der Waals surface area contributed by atoms with Crippen LogP contribution in [0.15, 0.2) is 65.8 Å². The summed E-state index contributed by atoms with van der Waals surface area (Å²) in [5.41, 5.74) is 3.04. The lowest BCUT2D eigenvalue weighted by Gasteiger charge is -2.37. The predicted octanol–water partition coefficient (Wildman–Crippen LogP) is 6.41. The van der Waals surface area contributed by atoms with E-state index < -0.39 is 6.23 Å². The van der Waals surface area contributed by atoms with E-state index in [9.17, 15) is 4.79 Å². The van der Waals surface area contributed by atoms with Crippen LogP contribution >= 0.6 is 34.8 Å². The number of Topliss-reactive ketones (excluding diaryl/α,β-unsaturated/α-hetero) is 1. The minimum atomic E-state index is -0.969. The third-order valence-electron chi connectivity index (χ3n) is 5.58. The van der Waals surface area contributed by atoms with Crippen LogP contribution in [-0.2, 0) is 0 Å². The number of carbonyl (C=O) groups is 1. The summed E-state index contributed by atoms with van der Waals surface area (Å²) in [6.45, 7) is 0. The zero-order valence-corrected chi connectivity index (χ0v) is 19.2. The largest absolute Gasteiger partial charge is 0.497 e. The van der Waals surface area contributed by atoms with Crippen LogP contribution in [0.2, 0.25) is 15.1 Å². The van der Waals surface area contributed by atoms with Gasteiger partial charge in [-0.05, 0) is 66.2 Å². The van der Waals surface area contributed by atoms with Gasteiger partial charge in [-0.3, -0.25) is 4.79 Å². The van der Waals surface area contributed by atoms with Gasteiger partial charge in [0, 0.05) is 27.6 Å². The third kappa shape index (κ3) is 3.71. The number of nitrogens with zero attached hydrogens (tertiary/aromatic N) is 2. The number of hydrogen-bond donors (Lipinski definition) is 0. The van der Waals surface area contributed by atoms with Crippen LogP contribution in [0.25, 0.3) is 0 Å². The standard InChI is InChI=1S/C24H17Cl3N2O3/c1-31-17-8-4-13(5-9-17)20-12-21-18-10-16(26)11-19(27)23(18)32-24(29(21)28-20)22(30)14-2-6-15(25)7-3-14/h2-11,21,24H,12H2,1H3/t21-,24+/m1/s1. The molecule has 2 aliphatic heterocycles. The number of halogens is 3. The molecule has 0 aliphatic carbocycles. The number of rotatable bonds is 4. The second-order valence-electron chi connectivity index (χ2n) is 7.52. The maximum absolute atomic E-state index is 13.4. The molecule has 0 unspecified atom stereocenters. The second kappa shape index (κ2) is 8.32. The van der Waals surface area contributed by atoms with Crippen molar-refractivity contribution < 1.29 is 14.3 Å². The zero-order chi connectivity index (χ0) is 22.4. The highest BCUT2D eigenvalue weighted by atomic mass is 35.5. The Balaban J connectivity index is 1.57. The molecule has 0 fully saturated rings. The Hall–Kier alpha value is -2.73. The highest BCUT2D eigenvalue weighted by Crippen LogP contribution is 2.47. The van der Waals surface area contributed by atoms with E-state index in [4.69, 9.17) is 49.4 Å². The molecule has 0 saturated heterocycles. The molecule has 0 amide bonds. The Labute approximate surface area is 200 Å². The van der Waals surface area contributed by atoms with Gasteiger partial charge < -0.3 is 9.47 Å². The molecule has 0 bridgehead atoms. The molecule has 0 radical (unpaired) electrons. The van der Waals surface area contributed by atoms with Gasteiger partial charge in [-0.15, -0.1) is 0 Å². The molecular formula is C24H17Cl3N2O3. The molecule has 3 aromatic carbocycles. The van der Waals surface area contributed by atoms with E-state index in [-0.39, 0.29) is 11.8 Å². The SMILES string of the molecule is COc1ccc(C2=NN3[C@H](C2)c2cc(Cl)cc(Cl)c2O[C@H]3C(=O)c2ccc(Cl)cc2)cc1. The summed E-state index contributed by atoms with van der Waals surface area (Å²) in [5.74, 6) is 0.979. The van der Waals surface area contributed by atoms with E-state index in [2.05, 4.69) is 0 Å². The van der Waals surface area contributed by atoms with Crippen LogP contribution in [0.5, 0.6) is 11.5 Å². The first-order chi connectivity index (χ1) is 15.4. The van der Waals surface area contributed by atoms with Crippen molar-refractivity contribution in [1.29, 1.82) is 0 Å². The van der Waals surface area contributed by atoms with Crippen molar-refractivity contribution in [3.63, 3.8) is 0 Å². The number of carbonyl (C=O) groups excluding carboxylic acids is 1. The number of hydrogen-bond acceptors (Lipinski definition) is 5. The second-order valence-corrected chi connectivity index (χ2v) is 8.80. The van der Waals surface area contributed by atoms with E-state index in [0.717, 1.165) is 22.6 Å². The topological polar surface area (TPSA) is 51.1 Å². The van der Waals surface area contributed by atoms with Crippen LogP contribution in [0.3, 0.4) is 0 Å². The quantitative estimate of drug-likeness (QED) is 0.399. The Bertz CT molecular complexity index is 1230. The van der Waals surface area contributed by atoms with Gasteiger partial charge in [-0.1, -0.05) is 34.8 Å². The molecule has 0 saturated carbocycles. The van der Waals surface area contributed by atoms with Crippen molar-refractivity contribution in [2.24, 2.45) is 5.10 Å². The molecule has 2 atom stereocenters. The summed E-state index contributed by atoms with van der Waals surface area (Å²) in [7, 11) is 1.62. The maximum Gasteiger partial charge on any atom is 0.251 e. The van der Waals surface area contributed by atoms with Crippen molar-refractivity contribution in [1.82, 2.24) is 5.01 Å². The third-order valence-corrected chi connectivity index (χ3v) is 6.34. The number of methoxy groups -OCH3 is 1. The minimum Gasteiger partial charge on any atom is -0.497 e. The highest BCUT2D eigenvalue weighted by Gasteiger charge is 2.44. The van der Waals surface area contributed by atoms with Crippen molar-refractivity contribution >= 4 is 46.3 Å². The molecule has 2 aliphatic rings. The summed E-state index contributed by atoms with van der Waals surface area (Å²) in [5, 5.41) is 7.90.